The quantitative estimate of drug-likeness (QED) is 0.369. The topological polar surface area (TPSA) is 71.4 Å². The molecule has 6 nitrogen and oxygen atoms in total. The average molecular weight is 379 g/mol. The number of benzene rings is 2. The molecular weight excluding hydrogens is 364 g/mol. The van der Waals surface area contributed by atoms with Crippen molar-refractivity contribution in [3.05, 3.63) is 58.6 Å². The Kier molecular flexibility index (Phi) is 5.99. The number of rotatable bonds is 5. The van der Waals surface area contributed by atoms with Crippen LogP contribution < -0.4 is 9.64 Å². The molecule has 7 heteroatoms. The van der Waals surface area contributed by atoms with Crippen LogP contribution in [0.3, 0.4) is 0 Å². The van der Waals surface area contributed by atoms with Crippen LogP contribution in [0.4, 0.5) is 10.5 Å². The minimum absolute atomic E-state index is 0.262. The molecule has 0 atom stereocenters. The van der Waals surface area contributed by atoms with Gasteiger partial charge in [0.1, 0.15) is 5.75 Å². The summed E-state index contributed by atoms with van der Waals surface area (Å²) in [6.45, 7) is 0.262. The predicted octanol–water partition coefficient (Wildman–Crippen LogP) is 4.02. The fraction of sp³-hybridized carbons (Fsp3) is 0.125. The summed E-state index contributed by atoms with van der Waals surface area (Å²) in [6, 6.07) is 14.6. The zero-order chi connectivity index (χ0) is 16.7. The third-order valence-corrected chi connectivity index (χ3v) is 3.52. The van der Waals surface area contributed by atoms with Crippen LogP contribution in [-0.4, -0.2) is 24.8 Å². The maximum absolute atomic E-state index is 12.3. The molecule has 0 saturated carbocycles. The number of ether oxygens (including phenoxy) is 2. The molecule has 0 spiro atoms. The highest BCUT2D eigenvalue weighted by Gasteiger charge is 2.21. The van der Waals surface area contributed by atoms with Crippen molar-refractivity contribution in [3.8, 4) is 5.75 Å². The van der Waals surface area contributed by atoms with E-state index in [2.05, 4.69) is 21.1 Å². The van der Waals surface area contributed by atoms with Crippen LogP contribution >= 0.6 is 15.9 Å². The van der Waals surface area contributed by atoms with Crippen molar-refractivity contribution in [2.24, 2.45) is 5.16 Å². The number of oxime groups is 1. The van der Waals surface area contributed by atoms with Gasteiger partial charge in [-0.2, -0.15) is 0 Å². The lowest BCUT2D eigenvalue weighted by atomic mass is 10.2. The smallest absolute Gasteiger partial charge is 0.421 e. The molecule has 1 N–H and O–H groups in total. The van der Waals surface area contributed by atoms with Crippen molar-refractivity contribution >= 4 is 34.1 Å². The average Bonchev–Trinajstić information content (AvgIpc) is 2.57. The van der Waals surface area contributed by atoms with Gasteiger partial charge in [-0.1, -0.05) is 45.4 Å². The Morgan fingerprint density at radius 2 is 2.09 bits per heavy atom. The highest BCUT2D eigenvalue weighted by molar-refractivity contribution is 9.10. The molecule has 0 aliphatic carbocycles. The van der Waals surface area contributed by atoms with Gasteiger partial charge in [0.25, 0.3) is 0 Å². The molecule has 23 heavy (non-hydrogen) atoms. The lowest BCUT2D eigenvalue weighted by Gasteiger charge is -2.23. The number of nitrogens with zero attached hydrogens (tertiary/aromatic N) is 2. The molecule has 0 aromatic heterocycles. The lowest BCUT2D eigenvalue weighted by Crippen LogP contribution is -2.31. The monoisotopic (exact) mass is 378 g/mol. The molecule has 0 heterocycles. The van der Waals surface area contributed by atoms with Crippen LogP contribution in [0.1, 0.15) is 5.56 Å². The Balaban J connectivity index is 2.37. The van der Waals surface area contributed by atoms with Crippen LogP contribution in [0.5, 0.6) is 5.75 Å². The Morgan fingerprint density at radius 1 is 1.30 bits per heavy atom. The van der Waals surface area contributed by atoms with Gasteiger partial charge in [-0.15, -0.1) is 0 Å². The zero-order valence-electron chi connectivity index (χ0n) is 12.3. The van der Waals surface area contributed by atoms with Crippen molar-refractivity contribution in [1.29, 1.82) is 0 Å². The molecule has 1 amide bonds. The molecular formula is C16H15BrN2O4. The molecule has 0 aliphatic rings. The van der Waals surface area contributed by atoms with E-state index in [-0.39, 0.29) is 6.54 Å². The summed E-state index contributed by atoms with van der Waals surface area (Å²) in [5, 5.41) is 11.1. The predicted molar refractivity (Wildman–Crippen MR) is 90.1 cm³/mol. The van der Waals surface area contributed by atoms with E-state index in [4.69, 9.17) is 14.7 Å². The standard InChI is InChI=1S/C16H15BrN2O4/c1-22-15-8-3-2-7-14(15)19(16(20)23-11-18-21)10-12-5-4-6-13(17)9-12/h2-9,11,21H,10H2,1H3/b18-11+. The van der Waals surface area contributed by atoms with Crippen LogP contribution in [0.15, 0.2) is 58.2 Å². The van der Waals surface area contributed by atoms with E-state index in [0.717, 1.165) is 10.0 Å². The van der Waals surface area contributed by atoms with Gasteiger partial charge in [0.2, 0.25) is 6.40 Å². The van der Waals surface area contributed by atoms with Gasteiger partial charge >= 0.3 is 6.09 Å². The Morgan fingerprint density at radius 3 is 2.78 bits per heavy atom. The highest BCUT2D eigenvalue weighted by Crippen LogP contribution is 2.29. The summed E-state index contributed by atoms with van der Waals surface area (Å²) >= 11 is 3.40. The molecule has 0 saturated heterocycles. The van der Waals surface area contributed by atoms with E-state index in [1.54, 1.807) is 24.3 Å². The normalized spacial score (nSPS) is 10.5. The molecule has 2 aromatic rings. The maximum atomic E-state index is 12.3. The van der Waals surface area contributed by atoms with E-state index in [0.29, 0.717) is 17.8 Å². The van der Waals surface area contributed by atoms with E-state index in [9.17, 15) is 4.79 Å². The first-order valence-corrected chi connectivity index (χ1v) is 7.46. The van der Waals surface area contributed by atoms with E-state index >= 15 is 0 Å². The van der Waals surface area contributed by atoms with Crippen LogP contribution in [0, 0.1) is 0 Å². The van der Waals surface area contributed by atoms with Crippen molar-refractivity contribution in [1.82, 2.24) is 0 Å². The largest absolute Gasteiger partial charge is 0.495 e. The van der Waals surface area contributed by atoms with Crippen molar-refractivity contribution in [2.75, 3.05) is 12.0 Å². The SMILES string of the molecule is COc1ccccc1N(Cc1cccc(Br)c1)C(=O)O/C=N/O. The first kappa shape index (κ1) is 16.8. The number of halogens is 1. The van der Waals surface area contributed by atoms with Gasteiger partial charge in [0.15, 0.2) is 0 Å². The number of hydrogen-bond donors (Lipinski definition) is 1. The number of carbonyl (C=O) groups is 1. The Hall–Kier alpha value is -2.54. The molecule has 0 fully saturated rings. The second-order valence-electron chi connectivity index (χ2n) is 4.49. The summed E-state index contributed by atoms with van der Waals surface area (Å²) in [5.74, 6) is 0.528. The van der Waals surface area contributed by atoms with Crippen LogP contribution in [0.25, 0.3) is 0 Å². The van der Waals surface area contributed by atoms with Crippen molar-refractivity contribution in [3.63, 3.8) is 0 Å². The summed E-state index contributed by atoms with van der Waals surface area (Å²) in [5.41, 5.74) is 1.44. The molecule has 0 unspecified atom stereocenters. The van der Waals surface area contributed by atoms with E-state index in [1.165, 1.54) is 12.0 Å². The fourth-order valence-corrected chi connectivity index (χ4v) is 2.50. The van der Waals surface area contributed by atoms with E-state index < -0.39 is 6.09 Å². The van der Waals surface area contributed by atoms with Gasteiger partial charge in [-0.3, -0.25) is 4.90 Å². The molecule has 0 bridgehead atoms. The number of hydrogen-bond acceptors (Lipinski definition) is 5. The number of amides is 1. The summed E-state index contributed by atoms with van der Waals surface area (Å²) in [6.07, 6.45) is -0.0154. The van der Waals surface area contributed by atoms with Gasteiger partial charge in [-0.25, -0.2) is 4.79 Å². The molecule has 0 radical (unpaired) electrons. The minimum atomic E-state index is -0.688. The molecule has 0 aliphatic heterocycles. The van der Waals surface area contributed by atoms with E-state index in [1.807, 2.05) is 24.3 Å². The molecule has 120 valence electrons. The second-order valence-corrected chi connectivity index (χ2v) is 5.41. The molecule has 2 aromatic carbocycles. The Labute approximate surface area is 142 Å². The van der Waals surface area contributed by atoms with Gasteiger partial charge in [0.05, 0.1) is 19.3 Å². The third kappa shape index (κ3) is 4.46. The summed E-state index contributed by atoms with van der Waals surface area (Å²) in [7, 11) is 1.52. The fourth-order valence-electron chi connectivity index (χ4n) is 2.05. The third-order valence-electron chi connectivity index (χ3n) is 3.03. The maximum Gasteiger partial charge on any atom is 0.421 e. The second kappa shape index (κ2) is 8.19. The minimum Gasteiger partial charge on any atom is -0.495 e. The first-order chi connectivity index (χ1) is 11.2. The van der Waals surface area contributed by atoms with Crippen molar-refractivity contribution < 1.29 is 19.5 Å². The summed E-state index contributed by atoms with van der Waals surface area (Å²) < 4.78 is 11.0. The lowest BCUT2D eigenvalue weighted by molar-refractivity contribution is 0.202. The zero-order valence-corrected chi connectivity index (χ0v) is 13.9. The van der Waals surface area contributed by atoms with Crippen molar-refractivity contribution in [2.45, 2.75) is 6.54 Å². The number of methoxy groups -OCH3 is 1. The van der Waals surface area contributed by atoms with Crippen LogP contribution in [0.2, 0.25) is 0 Å². The van der Waals surface area contributed by atoms with Gasteiger partial charge in [0, 0.05) is 4.47 Å². The highest BCUT2D eigenvalue weighted by atomic mass is 79.9. The number of anilines is 1. The molecule has 2 rings (SSSR count). The van der Waals surface area contributed by atoms with Gasteiger partial charge in [-0.05, 0) is 29.8 Å². The summed E-state index contributed by atoms with van der Waals surface area (Å²) in [4.78, 5) is 13.7. The Bertz CT molecular complexity index is 706. The van der Waals surface area contributed by atoms with Crippen LogP contribution in [-0.2, 0) is 11.3 Å². The number of carbonyl (C=O) groups excluding carboxylic acids is 1. The number of para-hydroxylation sites is 2. The first-order valence-electron chi connectivity index (χ1n) is 6.67. The van der Waals surface area contributed by atoms with Gasteiger partial charge < -0.3 is 14.7 Å².